The van der Waals surface area contributed by atoms with Gasteiger partial charge in [0, 0.05) is 29.7 Å². The molecule has 2 heterocycles. The molecule has 1 atom stereocenters. The fourth-order valence-corrected chi connectivity index (χ4v) is 4.90. The number of carbonyl (C=O) groups excluding carboxylic acids is 3. The summed E-state index contributed by atoms with van der Waals surface area (Å²) in [5, 5.41) is 7.65. The molecule has 1 aliphatic carbocycles. The first-order valence-electron chi connectivity index (χ1n) is 11.4. The van der Waals surface area contributed by atoms with Crippen LogP contribution in [0.25, 0.3) is 0 Å². The van der Waals surface area contributed by atoms with Crippen molar-refractivity contribution in [2.75, 3.05) is 11.4 Å². The largest absolute Gasteiger partial charge is 0.351 e. The first-order valence-corrected chi connectivity index (χ1v) is 12.3. The number of hydrogen-bond acceptors (Lipinski definition) is 5. The monoisotopic (exact) mass is 476 g/mol. The Morgan fingerprint density at radius 1 is 1.12 bits per heavy atom. The molecule has 1 aromatic carbocycles. The maximum Gasteiger partial charge on any atom is 0.261 e. The molecular weight excluding hydrogens is 448 g/mol. The SMILES string of the molecule is Cc1cccc(N(C(=O)CNC(=O)c2cccs2)[C@@H](C(=O)NC2CCCC2)c2cccnc2)c1. The number of thiophene rings is 1. The summed E-state index contributed by atoms with van der Waals surface area (Å²) in [6.45, 7) is 1.69. The summed E-state index contributed by atoms with van der Waals surface area (Å²) >= 11 is 1.31. The van der Waals surface area contributed by atoms with Crippen LogP contribution in [0.5, 0.6) is 0 Å². The second kappa shape index (κ2) is 11.1. The van der Waals surface area contributed by atoms with Gasteiger partial charge in [-0.15, -0.1) is 11.3 Å². The molecular formula is C26H28N4O3S. The van der Waals surface area contributed by atoms with E-state index in [1.54, 1.807) is 42.7 Å². The van der Waals surface area contributed by atoms with Crippen LogP contribution >= 0.6 is 11.3 Å². The smallest absolute Gasteiger partial charge is 0.261 e. The molecule has 1 saturated carbocycles. The van der Waals surface area contributed by atoms with Crippen molar-refractivity contribution in [1.82, 2.24) is 15.6 Å². The van der Waals surface area contributed by atoms with Crippen molar-refractivity contribution in [2.45, 2.75) is 44.7 Å². The highest BCUT2D eigenvalue weighted by Crippen LogP contribution is 2.29. The average molecular weight is 477 g/mol. The number of aromatic nitrogens is 1. The minimum absolute atomic E-state index is 0.0969. The number of nitrogens with one attached hydrogen (secondary N) is 2. The Morgan fingerprint density at radius 3 is 2.62 bits per heavy atom. The molecule has 3 amide bonds. The molecule has 1 aliphatic rings. The molecule has 8 heteroatoms. The van der Waals surface area contributed by atoms with Crippen LogP contribution in [0.3, 0.4) is 0 Å². The van der Waals surface area contributed by atoms with E-state index in [0.717, 1.165) is 31.2 Å². The second-order valence-corrected chi connectivity index (χ2v) is 9.39. The van der Waals surface area contributed by atoms with Gasteiger partial charge >= 0.3 is 0 Å². The van der Waals surface area contributed by atoms with Crippen LogP contribution in [0, 0.1) is 6.92 Å². The third kappa shape index (κ3) is 5.69. The Kier molecular flexibility index (Phi) is 7.69. The standard InChI is InChI=1S/C26H28N4O3S/c1-18-7-4-11-21(15-18)30(23(31)17-28-25(32)22-12-6-14-34-22)24(19-8-5-13-27-16-19)26(33)29-20-9-2-3-10-20/h4-8,11-16,20,24H,2-3,9-10,17H2,1H3,(H,28,32)(H,29,33)/t24-/m1/s1. The predicted octanol–water partition coefficient (Wildman–Crippen LogP) is 4.01. The van der Waals surface area contributed by atoms with Gasteiger partial charge in [0.15, 0.2) is 0 Å². The number of rotatable bonds is 8. The van der Waals surface area contributed by atoms with Gasteiger partial charge in [-0.2, -0.15) is 0 Å². The van der Waals surface area contributed by atoms with Gasteiger partial charge in [-0.3, -0.25) is 24.3 Å². The quantitative estimate of drug-likeness (QED) is 0.514. The molecule has 0 aliphatic heterocycles. The molecule has 0 saturated heterocycles. The predicted molar refractivity (Wildman–Crippen MR) is 133 cm³/mol. The van der Waals surface area contributed by atoms with Gasteiger partial charge < -0.3 is 10.6 Å². The number of aryl methyl sites for hydroxylation is 1. The maximum absolute atomic E-state index is 13.6. The number of pyridine rings is 1. The highest BCUT2D eigenvalue weighted by molar-refractivity contribution is 7.12. The van der Waals surface area contributed by atoms with Crippen molar-refractivity contribution >= 4 is 34.7 Å². The van der Waals surface area contributed by atoms with Crippen LogP contribution in [-0.4, -0.2) is 35.3 Å². The number of amides is 3. The van der Waals surface area contributed by atoms with Crippen LogP contribution < -0.4 is 15.5 Å². The first kappa shape index (κ1) is 23.6. The molecule has 1 fully saturated rings. The Morgan fingerprint density at radius 2 is 1.94 bits per heavy atom. The molecule has 176 valence electrons. The molecule has 2 aromatic heterocycles. The van der Waals surface area contributed by atoms with Crippen LogP contribution in [0.15, 0.2) is 66.3 Å². The fraction of sp³-hybridized carbons (Fsp3) is 0.308. The van der Waals surface area contributed by atoms with Crippen molar-refractivity contribution in [1.29, 1.82) is 0 Å². The van der Waals surface area contributed by atoms with Gasteiger partial charge in [0.2, 0.25) is 11.8 Å². The Balaban J connectivity index is 1.66. The van der Waals surface area contributed by atoms with Gasteiger partial charge in [0.25, 0.3) is 5.91 Å². The van der Waals surface area contributed by atoms with Crippen molar-refractivity contribution in [3.05, 3.63) is 82.3 Å². The molecule has 0 radical (unpaired) electrons. The van der Waals surface area contributed by atoms with Crippen molar-refractivity contribution in [3.8, 4) is 0 Å². The summed E-state index contributed by atoms with van der Waals surface area (Å²) in [5.41, 5.74) is 2.15. The summed E-state index contributed by atoms with van der Waals surface area (Å²) in [5.74, 6) is -0.953. The molecule has 0 unspecified atom stereocenters. The fourth-order valence-electron chi connectivity index (χ4n) is 4.26. The van der Waals surface area contributed by atoms with Crippen molar-refractivity contribution in [2.24, 2.45) is 0 Å². The van der Waals surface area contributed by atoms with E-state index in [1.807, 2.05) is 30.5 Å². The van der Waals surface area contributed by atoms with E-state index in [-0.39, 0.29) is 30.3 Å². The van der Waals surface area contributed by atoms with E-state index in [9.17, 15) is 14.4 Å². The lowest BCUT2D eigenvalue weighted by Gasteiger charge is -2.32. The average Bonchev–Trinajstić information content (AvgIpc) is 3.56. The van der Waals surface area contributed by atoms with Gasteiger partial charge in [-0.1, -0.05) is 37.1 Å². The summed E-state index contributed by atoms with van der Waals surface area (Å²) in [6, 6.07) is 13.7. The molecule has 0 bridgehead atoms. The lowest BCUT2D eigenvalue weighted by Crippen LogP contribution is -2.49. The topological polar surface area (TPSA) is 91.4 Å². The van der Waals surface area contributed by atoms with Gasteiger partial charge in [0.05, 0.1) is 11.4 Å². The van der Waals surface area contributed by atoms with Crippen LogP contribution in [0.2, 0.25) is 0 Å². The molecule has 4 rings (SSSR count). The highest BCUT2D eigenvalue weighted by atomic mass is 32.1. The van der Waals surface area contributed by atoms with Gasteiger partial charge in [-0.05, 0) is 55.0 Å². The second-order valence-electron chi connectivity index (χ2n) is 8.44. The minimum Gasteiger partial charge on any atom is -0.351 e. The number of anilines is 1. The Labute approximate surface area is 203 Å². The van der Waals surface area contributed by atoms with Gasteiger partial charge in [-0.25, -0.2) is 0 Å². The number of nitrogens with zero attached hydrogens (tertiary/aromatic N) is 2. The van der Waals surface area contributed by atoms with Crippen LogP contribution in [0.4, 0.5) is 5.69 Å². The molecule has 3 aromatic rings. The highest BCUT2D eigenvalue weighted by Gasteiger charge is 2.34. The normalized spacial score (nSPS) is 14.4. The van der Waals surface area contributed by atoms with Crippen LogP contribution in [-0.2, 0) is 9.59 Å². The summed E-state index contributed by atoms with van der Waals surface area (Å²) in [7, 11) is 0. The zero-order chi connectivity index (χ0) is 23.9. The lowest BCUT2D eigenvalue weighted by molar-refractivity contribution is -0.126. The van der Waals surface area contributed by atoms with E-state index in [2.05, 4.69) is 15.6 Å². The number of hydrogen-bond donors (Lipinski definition) is 2. The lowest BCUT2D eigenvalue weighted by atomic mass is 10.0. The molecule has 7 nitrogen and oxygen atoms in total. The minimum atomic E-state index is -0.915. The number of carbonyl (C=O) groups is 3. The van der Waals surface area contributed by atoms with E-state index in [1.165, 1.54) is 16.2 Å². The van der Waals surface area contributed by atoms with E-state index in [0.29, 0.717) is 16.1 Å². The maximum atomic E-state index is 13.6. The summed E-state index contributed by atoms with van der Waals surface area (Å²) < 4.78 is 0. The third-order valence-electron chi connectivity index (χ3n) is 5.90. The van der Waals surface area contributed by atoms with Crippen molar-refractivity contribution < 1.29 is 14.4 Å². The summed E-state index contributed by atoms with van der Waals surface area (Å²) in [6.07, 6.45) is 7.27. The molecule has 2 N–H and O–H groups in total. The zero-order valence-corrected chi connectivity index (χ0v) is 19.9. The molecule has 34 heavy (non-hydrogen) atoms. The Hall–Kier alpha value is -3.52. The first-order chi connectivity index (χ1) is 16.5. The summed E-state index contributed by atoms with van der Waals surface area (Å²) in [4.78, 5) is 45.9. The van der Waals surface area contributed by atoms with Crippen LogP contribution in [0.1, 0.15) is 52.5 Å². The molecule has 0 spiro atoms. The Bertz CT molecular complexity index is 1130. The van der Waals surface area contributed by atoms with E-state index in [4.69, 9.17) is 0 Å². The zero-order valence-electron chi connectivity index (χ0n) is 19.1. The van der Waals surface area contributed by atoms with Gasteiger partial charge in [0.1, 0.15) is 6.04 Å². The third-order valence-corrected chi connectivity index (χ3v) is 6.77. The van der Waals surface area contributed by atoms with E-state index < -0.39 is 6.04 Å². The van der Waals surface area contributed by atoms with E-state index >= 15 is 0 Å². The number of benzene rings is 1. The van der Waals surface area contributed by atoms with Crippen molar-refractivity contribution in [3.63, 3.8) is 0 Å².